The summed E-state index contributed by atoms with van der Waals surface area (Å²) >= 11 is 6.37. The van der Waals surface area contributed by atoms with Gasteiger partial charge in [0.25, 0.3) is 0 Å². The quantitative estimate of drug-likeness (QED) is 0.798. The summed E-state index contributed by atoms with van der Waals surface area (Å²) in [5, 5.41) is 3.70. The first-order valence-electron chi connectivity index (χ1n) is 8.74. The molecule has 6 heteroatoms. The Balaban J connectivity index is 2.09. The maximum atomic E-state index is 13.3. The standard InChI is InChI=1S/C20H22ClF3N2/c1-14-3-5-15(6-4-14)19(26-11-2-9-25-10-12-26)17-13-16(20(22,23)24)7-8-18(17)21/h3-8,13,19,25H,2,9-12H2,1H3. The van der Waals surface area contributed by atoms with Crippen LogP contribution in [0.1, 0.15) is 34.7 Å². The fourth-order valence-corrected chi connectivity index (χ4v) is 3.61. The topological polar surface area (TPSA) is 15.3 Å². The van der Waals surface area contributed by atoms with E-state index in [0.717, 1.165) is 49.8 Å². The van der Waals surface area contributed by atoms with E-state index in [1.54, 1.807) is 0 Å². The number of hydrogen-bond acceptors (Lipinski definition) is 2. The summed E-state index contributed by atoms with van der Waals surface area (Å²) in [5.41, 5.74) is 1.91. The van der Waals surface area contributed by atoms with Gasteiger partial charge in [0, 0.05) is 24.7 Å². The Morgan fingerprint density at radius 2 is 1.77 bits per heavy atom. The lowest BCUT2D eigenvalue weighted by molar-refractivity contribution is -0.137. The third-order valence-corrected chi connectivity index (χ3v) is 5.10. The van der Waals surface area contributed by atoms with E-state index < -0.39 is 11.7 Å². The second-order valence-corrected chi connectivity index (χ2v) is 7.09. The van der Waals surface area contributed by atoms with Gasteiger partial charge < -0.3 is 5.32 Å². The van der Waals surface area contributed by atoms with E-state index in [1.807, 2.05) is 31.2 Å². The van der Waals surface area contributed by atoms with Gasteiger partial charge in [-0.05, 0) is 49.2 Å². The lowest BCUT2D eigenvalue weighted by Gasteiger charge is -2.32. The van der Waals surface area contributed by atoms with E-state index in [2.05, 4.69) is 10.2 Å². The zero-order valence-electron chi connectivity index (χ0n) is 14.6. The summed E-state index contributed by atoms with van der Waals surface area (Å²) in [6.45, 7) is 5.27. The predicted molar refractivity (Wildman–Crippen MR) is 98.5 cm³/mol. The van der Waals surface area contributed by atoms with E-state index in [1.165, 1.54) is 12.1 Å². The van der Waals surface area contributed by atoms with Gasteiger partial charge in [-0.3, -0.25) is 4.90 Å². The maximum absolute atomic E-state index is 13.3. The monoisotopic (exact) mass is 382 g/mol. The summed E-state index contributed by atoms with van der Waals surface area (Å²) in [6.07, 6.45) is -3.45. The maximum Gasteiger partial charge on any atom is 0.416 e. The summed E-state index contributed by atoms with van der Waals surface area (Å²) < 4.78 is 39.8. The van der Waals surface area contributed by atoms with Gasteiger partial charge in [-0.15, -0.1) is 0 Å². The van der Waals surface area contributed by atoms with Crippen molar-refractivity contribution < 1.29 is 13.2 Å². The summed E-state index contributed by atoms with van der Waals surface area (Å²) in [7, 11) is 0. The fourth-order valence-electron chi connectivity index (χ4n) is 3.39. The Bertz CT molecular complexity index is 736. The minimum atomic E-state index is -4.39. The normalized spacial score (nSPS) is 17.7. The number of hydrogen-bond donors (Lipinski definition) is 1. The van der Waals surface area contributed by atoms with Crippen LogP contribution in [0.3, 0.4) is 0 Å². The van der Waals surface area contributed by atoms with Gasteiger partial charge in [-0.2, -0.15) is 13.2 Å². The molecular weight excluding hydrogens is 361 g/mol. The minimum Gasteiger partial charge on any atom is -0.315 e. The van der Waals surface area contributed by atoms with Crippen molar-refractivity contribution >= 4 is 11.6 Å². The first-order valence-corrected chi connectivity index (χ1v) is 9.12. The highest BCUT2D eigenvalue weighted by molar-refractivity contribution is 6.31. The van der Waals surface area contributed by atoms with Gasteiger partial charge in [0.2, 0.25) is 0 Å². The molecule has 0 spiro atoms. The molecule has 1 N–H and O–H groups in total. The Morgan fingerprint density at radius 1 is 1.04 bits per heavy atom. The predicted octanol–water partition coefficient (Wildman–Crippen LogP) is 5.05. The lowest BCUT2D eigenvalue weighted by atomic mass is 9.94. The zero-order chi connectivity index (χ0) is 18.7. The molecule has 0 aromatic heterocycles. The number of rotatable bonds is 3. The molecule has 0 bridgehead atoms. The van der Waals surface area contributed by atoms with Crippen molar-refractivity contribution in [2.24, 2.45) is 0 Å². The smallest absolute Gasteiger partial charge is 0.315 e. The molecule has 3 rings (SSSR count). The van der Waals surface area contributed by atoms with E-state index in [0.29, 0.717) is 10.6 Å². The van der Waals surface area contributed by atoms with Crippen molar-refractivity contribution in [1.29, 1.82) is 0 Å². The molecule has 2 nitrogen and oxygen atoms in total. The molecule has 0 aliphatic carbocycles. The second kappa shape index (κ2) is 7.99. The zero-order valence-corrected chi connectivity index (χ0v) is 15.4. The molecule has 1 heterocycles. The van der Waals surface area contributed by atoms with Crippen LogP contribution in [0.15, 0.2) is 42.5 Å². The van der Waals surface area contributed by atoms with E-state index in [4.69, 9.17) is 11.6 Å². The van der Waals surface area contributed by atoms with Crippen LogP contribution in [0, 0.1) is 6.92 Å². The number of nitrogens with zero attached hydrogens (tertiary/aromatic N) is 1. The third-order valence-electron chi connectivity index (χ3n) is 4.75. The largest absolute Gasteiger partial charge is 0.416 e. The van der Waals surface area contributed by atoms with Crippen LogP contribution in [0.4, 0.5) is 13.2 Å². The van der Waals surface area contributed by atoms with Gasteiger partial charge in [-0.1, -0.05) is 41.4 Å². The molecule has 140 valence electrons. The Labute approximate surface area is 157 Å². The second-order valence-electron chi connectivity index (χ2n) is 6.69. The van der Waals surface area contributed by atoms with Crippen LogP contribution in [-0.4, -0.2) is 31.1 Å². The van der Waals surface area contributed by atoms with Gasteiger partial charge in [-0.25, -0.2) is 0 Å². The lowest BCUT2D eigenvalue weighted by Crippen LogP contribution is -2.33. The van der Waals surface area contributed by atoms with Crippen LogP contribution in [0.5, 0.6) is 0 Å². The van der Waals surface area contributed by atoms with Crippen molar-refractivity contribution in [1.82, 2.24) is 10.2 Å². The van der Waals surface area contributed by atoms with Gasteiger partial charge in [0.15, 0.2) is 0 Å². The van der Waals surface area contributed by atoms with Gasteiger partial charge in [0.1, 0.15) is 0 Å². The number of benzene rings is 2. The average molecular weight is 383 g/mol. The number of nitrogens with one attached hydrogen (secondary N) is 1. The highest BCUT2D eigenvalue weighted by Gasteiger charge is 2.33. The van der Waals surface area contributed by atoms with E-state index >= 15 is 0 Å². The van der Waals surface area contributed by atoms with Crippen LogP contribution in [0.25, 0.3) is 0 Å². The molecule has 0 radical (unpaired) electrons. The first-order chi connectivity index (χ1) is 12.4. The van der Waals surface area contributed by atoms with E-state index in [-0.39, 0.29) is 6.04 Å². The van der Waals surface area contributed by atoms with Crippen molar-refractivity contribution in [2.75, 3.05) is 26.2 Å². The third kappa shape index (κ3) is 4.40. The minimum absolute atomic E-state index is 0.301. The molecule has 1 aliphatic rings. The Morgan fingerprint density at radius 3 is 2.46 bits per heavy atom. The summed E-state index contributed by atoms with van der Waals surface area (Å²) in [4.78, 5) is 2.21. The van der Waals surface area contributed by atoms with Crippen LogP contribution in [-0.2, 0) is 6.18 Å². The Hall–Kier alpha value is -1.56. The van der Waals surface area contributed by atoms with Crippen LogP contribution in [0.2, 0.25) is 5.02 Å². The highest BCUT2D eigenvalue weighted by atomic mass is 35.5. The fraction of sp³-hybridized carbons (Fsp3) is 0.400. The SMILES string of the molecule is Cc1ccc(C(c2cc(C(F)(F)F)ccc2Cl)N2CCCNCC2)cc1. The average Bonchev–Trinajstić information content (AvgIpc) is 2.87. The Kier molecular flexibility index (Phi) is 5.90. The summed E-state index contributed by atoms with van der Waals surface area (Å²) in [6, 6.07) is 11.2. The molecular formula is C20H22ClF3N2. The van der Waals surface area contributed by atoms with Crippen molar-refractivity contribution in [2.45, 2.75) is 25.6 Å². The van der Waals surface area contributed by atoms with Crippen molar-refractivity contribution in [3.8, 4) is 0 Å². The van der Waals surface area contributed by atoms with Crippen molar-refractivity contribution in [3.63, 3.8) is 0 Å². The molecule has 0 amide bonds. The molecule has 2 aromatic rings. The number of halogens is 4. The first kappa shape index (κ1) is 19.2. The molecule has 1 aliphatic heterocycles. The number of alkyl halides is 3. The molecule has 1 saturated heterocycles. The number of aryl methyl sites for hydroxylation is 1. The van der Waals surface area contributed by atoms with Crippen molar-refractivity contribution in [3.05, 3.63) is 69.7 Å². The van der Waals surface area contributed by atoms with Crippen LogP contribution < -0.4 is 5.32 Å². The highest BCUT2D eigenvalue weighted by Crippen LogP contribution is 2.38. The molecule has 2 aromatic carbocycles. The van der Waals surface area contributed by atoms with Gasteiger partial charge >= 0.3 is 6.18 Å². The summed E-state index contributed by atoms with van der Waals surface area (Å²) in [5.74, 6) is 0. The van der Waals surface area contributed by atoms with Gasteiger partial charge in [0.05, 0.1) is 11.6 Å². The van der Waals surface area contributed by atoms with Crippen LogP contribution >= 0.6 is 11.6 Å². The van der Waals surface area contributed by atoms with E-state index in [9.17, 15) is 13.2 Å². The molecule has 0 saturated carbocycles. The molecule has 26 heavy (non-hydrogen) atoms. The molecule has 1 atom stereocenters. The molecule has 1 unspecified atom stereocenters. The molecule has 1 fully saturated rings.